The van der Waals surface area contributed by atoms with E-state index in [0.717, 1.165) is 18.4 Å². The second kappa shape index (κ2) is 5.92. The lowest BCUT2D eigenvalue weighted by Gasteiger charge is -2.37. The van der Waals surface area contributed by atoms with Gasteiger partial charge in [0, 0.05) is 12.1 Å². The maximum atomic E-state index is 13.6. The van der Waals surface area contributed by atoms with Crippen molar-refractivity contribution in [2.24, 2.45) is 5.92 Å². The van der Waals surface area contributed by atoms with Gasteiger partial charge in [0.25, 0.3) is 5.91 Å². The van der Waals surface area contributed by atoms with E-state index in [-0.39, 0.29) is 29.4 Å². The van der Waals surface area contributed by atoms with E-state index in [1.54, 1.807) is 43.0 Å². The Morgan fingerprint density at radius 3 is 2.52 bits per heavy atom. The molecule has 0 saturated heterocycles. The number of ether oxygens (including phenoxy) is 2. The molecule has 2 aromatic rings. The molecule has 1 aliphatic carbocycles. The summed E-state index contributed by atoms with van der Waals surface area (Å²) in [7, 11) is 0. The van der Waals surface area contributed by atoms with Crippen LogP contribution in [-0.2, 0) is 6.54 Å². The summed E-state index contributed by atoms with van der Waals surface area (Å²) in [5, 5.41) is 10.7. The minimum atomic E-state index is -3.73. The highest BCUT2D eigenvalue weighted by Gasteiger charge is 2.49. The Morgan fingerprint density at radius 2 is 1.83 bits per heavy atom. The van der Waals surface area contributed by atoms with Gasteiger partial charge in [-0.2, -0.15) is 0 Å². The molecule has 5 nitrogen and oxygen atoms in total. The van der Waals surface area contributed by atoms with Crippen LogP contribution in [0.4, 0.5) is 8.78 Å². The van der Waals surface area contributed by atoms with E-state index in [0.29, 0.717) is 23.2 Å². The predicted octanol–water partition coefficient (Wildman–Crippen LogP) is 4.18. The SMILES string of the molecule is CC(C)(O)C(C1CC1)N1Cc2cccc(-c3cccc4c3OC(F)(F)O4)c2C1=O. The minimum absolute atomic E-state index is 0.0558. The molecule has 0 radical (unpaired) electrons. The number of halogens is 2. The zero-order chi connectivity index (χ0) is 20.6. The zero-order valence-electron chi connectivity index (χ0n) is 16.1. The van der Waals surface area contributed by atoms with Crippen molar-refractivity contribution in [1.29, 1.82) is 0 Å². The Hall–Kier alpha value is -2.67. The van der Waals surface area contributed by atoms with Crippen LogP contribution in [0.25, 0.3) is 11.1 Å². The third kappa shape index (κ3) is 2.95. The maximum absolute atomic E-state index is 13.6. The monoisotopic (exact) mass is 401 g/mol. The van der Waals surface area contributed by atoms with Crippen molar-refractivity contribution in [1.82, 2.24) is 4.90 Å². The molecule has 2 aliphatic heterocycles. The van der Waals surface area contributed by atoms with Crippen molar-refractivity contribution in [3.05, 3.63) is 47.5 Å². The van der Waals surface area contributed by atoms with Crippen molar-refractivity contribution < 1.29 is 28.2 Å². The van der Waals surface area contributed by atoms with Crippen molar-refractivity contribution in [2.75, 3.05) is 0 Å². The van der Waals surface area contributed by atoms with Crippen LogP contribution in [0.5, 0.6) is 11.5 Å². The molecule has 0 bridgehead atoms. The first-order chi connectivity index (χ1) is 13.7. The van der Waals surface area contributed by atoms with Gasteiger partial charge in [-0.25, -0.2) is 0 Å². The average molecular weight is 401 g/mol. The fraction of sp³-hybridized carbons (Fsp3) is 0.409. The van der Waals surface area contributed by atoms with Crippen molar-refractivity contribution in [3.63, 3.8) is 0 Å². The van der Waals surface area contributed by atoms with Gasteiger partial charge in [-0.3, -0.25) is 4.79 Å². The standard InChI is InChI=1S/C22H21F2NO4/c1-21(2,27)19(12-9-10-12)25-11-13-5-3-6-14(17(13)20(25)26)15-7-4-8-16-18(15)29-22(23,24)28-16/h3-8,12,19,27H,9-11H2,1-2H3. The highest BCUT2D eigenvalue weighted by molar-refractivity contribution is 6.05. The van der Waals surface area contributed by atoms with Gasteiger partial charge in [-0.05, 0) is 49.8 Å². The highest BCUT2D eigenvalue weighted by Crippen LogP contribution is 2.49. The molecule has 29 heavy (non-hydrogen) atoms. The number of fused-ring (bicyclic) bond motifs is 2. The number of nitrogens with zero attached hydrogens (tertiary/aromatic N) is 1. The van der Waals surface area contributed by atoms with Crippen LogP contribution in [-0.4, -0.2) is 33.9 Å². The lowest BCUT2D eigenvalue weighted by atomic mass is 9.92. The van der Waals surface area contributed by atoms with E-state index >= 15 is 0 Å². The molecule has 7 heteroatoms. The molecular formula is C22H21F2NO4. The molecule has 1 N–H and O–H groups in total. The van der Waals surface area contributed by atoms with Crippen LogP contribution < -0.4 is 9.47 Å². The Labute approximate surface area is 166 Å². The molecule has 1 unspecified atom stereocenters. The summed E-state index contributed by atoms with van der Waals surface area (Å²) in [5.74, 6) is -0.0517. The smallest absolute Gasteiger partial charge is 0.395 e. The number of aliphatic hydroxyl groups is 1. The first kappa shape index (κ1) is 18.4. The van der Waals surface area contributed by atoms with Gasteiger partial charge < -0.3 is 19.5 Å². The van der Waals surface area contributed by atoms with Gasteiger partial charge in [0.05, 0.1) is 17.2 Å². The third-order valence-electron chi connectivity index (χ3n) is 5.81. The van der Waals surface area contributed by atoms with E-state index in [1.165, 1.54) is 6.07 Å². The van der Waals surface area contributed by atoms with Crippen molar-refractivity contribution in [2.45, 2.75) is 51.2 Å². The van der Waals surface area contributed by atoms with E-state index in [9.17, 15) is 18.7 Å². The Morgan fingerprint density at radius 1 is 1.14 bits per heavy atom. The molecule has 1 atom stereocenters. The Balaban J connectivity index is 1.59. The van der Waals surface area contributed by atoms with Gasteiger partial charge in [-0.15, -0.1) is 8.78 Å². The summed E-state index contributed by atoms with van der Waals surface area (Å²) >= 11 is 0. The fourth-order valence-electron chi connectivity index (χ4n) is 4.64. The number of amides is 1. The number of carbonyl (C=O) groups excluding carboxylic acids is 1. The fourth-order valence-corrected chi connectivity index (χ4v) is 4.64. The lowest BCUT2D eigenvalue weighted by molar-refractivity contribution is -0.286. The first-order valence-electron chi connectivity index (χ1n) is 9.70. The highest BCUT2D eigenvalue weighted by atomic mass is 19.3. The number of carbonyl (C=O) groups is 1. The van der Waals surface area contributed by atoms with E-state index in [2.05, 4.69) is 4.74 Å². The number of rotatable bonds is 4. The maximum Gasteiger partial charge on any atom is 0.586 e. The molecule has 0 spiro atoms. The van der Waals surface area contributed by atoms with Crippen LogP contribution >= 0.6 is 0 Å². The van der Waals surface area contributed by atoms with E-state index < -0.39 is 11.9 Å². The van der Waals surface area contributed by atoms with Crippen LogP contribution in [0.2, 0.25) is 0 Å². The summed E-state index contributed by atoms with van der Waals surface area (Å²) in [6, 6.07) is 9.75. The van der Waals surface area contributed by atoms with Gasteiger partial charge in [-0.1, -0.05) is 30.3 Å². The van der Waals surface area contributed by atoms with Crippen LogP contribution in [0.1, 0.15) is 42.6 Å². The molecule has 2 aromatic carbocycles. The largest absolute Gasteiger partial charge is 0.586 e. The van der Waals surface area contributed by atoms with E-state index in [4.69, 9.17) is 4.74 Å². The first-order valence-corrected chi connectivity index (χ1v) is 9.70. The summed E-state index contributed by atoms with van der Waals surface area (Å²) in [4.78, 5) is 15.2. The second-order valence-electron chi connectivity index (χ2n) is 8.51. The molecule has 2 heterocycles. The zero-order valence-corrected chi connectivity index (χ0v) is 16.1. The van der Waals surface area contributed by atoms with Crippen LogP contribution in [0.15, 0.2) is 36.4 Å². The molecule has 1 saturated carbocycles. The molecule has 1 fully saturated rings. The van der Waals surface area contributed by atoms with E-state index in [1.807, 2.05) is 6.07 Å². The van der Waals surface area contributed by atoms with Gasteiger partial charge in [0.2, 0.25) is 0 Å². The average Bonchev–Trinajstić information content (AvgIpc) is 3.31. The Kier molecular flexibility index (Phi) is 3.75. The van der Waals surface area contributed by atoms with Crippen LogP contribution in [0.3, 0.4) is 0 Å². The molecule has 152 valence electrons. The number of benzene rings is 2. The summed E-state index contributed by atoms with van der Waals surface area (Å²) in [6.07, 6.45) is -1.77. The van der Waals surface area contributed by atoms with Gasteiger partial charge >= 0.3 is 6.29 Å². The molecule has 3 aliphatic rings. The predicted molar refractivity (Wildman–Crippen MR) is 101 cm³/mol. The quantitative estimate of drug-likeness (QED) is 0.835. The molecule has 0 aromatic heterocycles. The summed E-state index contributed by atoms with van der Waals surface area (Å²) in [5.41, 5.74) is 1.16. The Bertz CT molecular complexity index is 1010. The van der Waals surface area contributed by atoms with Crippen molar-refractivity contribution >= 4 is 5.91 Å². The topological polar surface area (TPSA) is 59.0 Å². The summed E-state index contributed by atoms with van der Waals surface area (Å²) in [6.45, 7) is 3.84. The number of alkyl halides is 2. The second-order valence-corrected chi connectivity index (χ2v) is 8.51. The molecular weight excluding hydrogens is 380 g/mol. The van der Waals surface area contributed by atoms with Gasteiger partial charge in [0.15, 0.2) is 11.5 Å². The minimum Gasteiger partial charge on any atom is -0.395 e. The molecule has 5 rings (SSSR count). The number of hydrogen-bond donors (Lipinski definition) is 1. The molecule has 1 amide bonds. The van der Waals surface area contributed by atoms with Gasteiger partial charge in [0.1, 0.15) is 0 Å². The van der Waals surface area contributed by atoms with Crippen molar-refractivity contribution in [3.8, 4) is 22.6 Å². The van der Waals surface area contributed by atoms with Crippen LogP contribution in [0, 0.1) is 5.92 Å². The number of para-hydroxylation sites is 1. The number of hydrogen-bond acceptors (Lipinski definition) is 4. The summed E-state index contributed by atoms with van der Waals surface area (Å²) < 4.78 is 36.6. The normalized spacial score (nSPS) is 20.7. The third-order valence-corrected chi connectivity index (χ3v) is 5.81. The lowest BCUT2D eigenvalue weighted by Crippen LogP contribution is -2.51.